The number of benzene rings is 3. The van der Waals surface area contributed by atoms with Crippen LogP contribution >= 0.6 is 0 Å². The molecule has 0 saturated heterocycles. The number of hydrogen-bond acceptors (Lipinski definition) is 6. The zero-order valence-electron chi connectivity index (χ0n) is 29.5. The van der Waals surface area contributed by atoms with Crippen LogP contribution in [0.3, 0.4) is 0 Å². The van der Waals surface area contributed by atoms with E-state index in [0.29, 0.717) is 33.7 Å². The van der Waals surface area contributed by atoms with Gasteiger partial charge in [-0.15, -0.1) is 0 Å². The number of alkyl halides is 3. The molecule has 3 aromatic heterocycles. The minimum Gasteiger partial charge on any atom is -0.437 e. The molecule has 0 saturated carbocycles. The molecule has 0 radical (unpaired) electrons. The number of nitrogens with one attached hydrogen (secondary N) is 1. The van der Waals surface area contributed by atoms with Gasteiger partial charge in [-0.05, 0) is 62.4 Å². The number of nitrogens with zero attached hydrogens (tertiary/aromatic N) is 7. The molecule has 0 bridgehead atoms. The monoisotopic (exact) mass is 711 g/mol. The third-order valence-electron chi connectivity index (χ3n) is 7.85. The quantitative estimate of drug-likeness (QED) is 0.181. The standard InChI is InChI=1S/C32H31F3N8O3.C6H6/c1-31(2,30-37-18-24(46-30)19-43(4,5)6)39-28(44)26-27(25-14-15-38-41(25)22-12-10-20(17-36)11-13-22)40(3)42(29(26)45)23-9-7-8-21(16-23)32(33,34)35;1-2-4-6-5-3-1/h7-16,18H,19H2,1-6H3;1-6H/p+1. The van der Waals surface area contributed by atoms with Crippen molar-refractivity contribution in [2.45, 2.75) is 32.1 Å². The van der Waals surface area contributed by atoms with E-state index in [4.69, 9.17) is 4.42 Å². The maximum Gasteiger partial charge on any atom is 0.416 e. The van der Waals surface area contributed by atoms with Crippen LogP contribution in [0, 0.1) is 11.3 Å². The van der Waals surface area contributed by atoms with E-state index in [0.717, 1.165) is 16.8 Å². The highest BCUT2D eigenvalue weighted by Crippen LogP contribution is 2.32. The van der Waals surface area contributed by atoms with E-state index < -0.39 is 28.7 Å². The van der Waals surface area contributed by atoms with Gasteiger partial charge in [0.25, 0.3) is 11.5 Å². The van der Waals surface area contributed by atoms with Crippen molar-refractivity contribution in [3.63, 3.8) is 0 Å². The number of nitriles is 1. The first-order chi connectivity index (χ1) is 24.5. The normalized spacial score (nSPS) is 11.8. The summed E-state index contributed by atoms with van der Waals surface area (Å²) in [5.74, 6) is 0.0105. The Morgan fingerprint density at radius 1 is 0.942 bits per heavy atom. The van der Waals surface area contributed by atoms with E-state index in [9.17, 15) is 28.0 Å². The van der Waals surface area contributed by atoms with Crippen LogP contribution in [0.4, 0.5) is 13.2 Å². The van der Waals surface area contributed by atoms with Gasteiger partial charge in [-0.3, -0.25) is 14.3 Å². The fraction of sp³-hybridized carbons (Fsp3) is 0.237. The van der Waals surface area contributed by atoms with Crippen LogP contribution in [0.15, 0.2) is 113 Å². The topological polar surface area (TPSA) is 124 Å². The number of oxazole rings is 1. The van der Waals surface area contributed by atoms with E-state index >= 15 is 0 Å². The summed E-state index contributed by atoms with van der Waals surface area (Å²) in [5, 5.41) is 16.4. The van der Waals surface area contributed by atoms with Gasteiger partial charge in [-0.25, -0.2) is 14.3 Å². The van der Waals surface area contributed by atoms with E-state index in [1.54, 1.807) is 50.4 Å². The molecule has 3 aromatic carbocycles. The Balaban J connectivity index is 0.000000790. The molecule has 0 atom stereocenters. The highest BCUT2D eigenvalue weighted by molar-refractivity contribution is 6.00. The number of halogens is 3. The van der Waals surface area contributed by atoms with Crippen LogP contribution in [-0.4, -0.2) is 55.7 Å². The van der Waals surface area contributed by atoms with Crippen LogP contribution < -0.4 is 10.9 Å². The van der Waals surface area contributed by atoms with E-state index in [1.165, 1.54) is 34.7 Å². The van der Waals surface area contributed by atoms with Crippen molar-refractivity contribution in [2.75, 3.05) is 21.1 Å². The molecule has 1 amide bonds. The summed E-state index contributed by atoms with van der Waals surface area (Å²) in [7, 11) is 7.44. The second-order valence-electron chi connectivity index (χ2n) is 13.5. The number of amides is 1. The Bertz CT molecular complexity index is 2240. The van der Waals surface area contributed by atoms with Gasteiger partial charge >= 0.3 is 6.18 Å². The van der Waals surface area contributed by atoms with Crippen LogP contribution in [0.2, 0.25) is 0 Å². The number of carbonyl (C=O) groups is 1. The summed E-state index contributed by atoms with van der Waals surface area (Å²) in [6.07, 6.45) is -1.61. The molecular formula is C38H38F3N8O3+. The highest BCUT2D eigenvalue weighted by Gasteiger charge is 2.35. The van der Waals surface area contributed by atoms with Gasteiger partial charge in [0.05, 0.1) is 67.8 Å². The molecule has 11 nitrogen and oxygen atoms in total. The minimum atomic E-state index is -4.66. The summed E-state index contributed by atoms with van der Waals surface area (Å²) in [6, 6.07) is 26.4. The fourth-order valence-electron chi connectivity index (χ4n) is 5.50. The van der Waals surface area contributed by atoms with Crippen molar-refractivity contribution in [3.8, 4) is 28.8 Å². The van der Waals surface area contributed by atoms with Gasteiger partial charge in [0.15, 0.2) is 5.76 Å². The van der Waals surface area contributed by atoms with Crippen molar-refractivity contribution in [1.29, 1.82) is 5.26 Å². The fourth-order valence-corrected chi connectivity index (χ4v) is 5.50. The van der Waals surface area contributed by atoms with Gasteiger partial charge in [-0.1, -0.05) is 42.5 Å². The van der Waals surface area contributed by atoms with Crippen molar-refractivity contribution in [1.82, 2.24) is 29.4 Å². The molecule has 0 unspecified atom stereocenters. The molecule has 6 aromatic rings. The predicted octanol–water partition coefficient (Wildman–Crippen LogP) is 6.47. The average Bonchev–Trinajstić information content (AvgIpc) is 3.83. The van der Waals surface area contributed by atoms with E-state index in [1.807, 2.05) is 63.6 Å². The van der Waals surface area contributed by atoms with E-state index in [-0.39, 0.29) is 22.8 Å². The molecule has 3 heterocycles. The van der Waals surface area contributed by atoms with Gasteiger partial charge in [0, 0.05) is 7.05 Å². The molecule has 6 rings (SSSR count). The van der Waals surface area contributed by atoms with Crippen LogP contribution in [0.1, 0.15) is 47.0 Å². The Kier molecular flexibility index (Phi) is 10.4. The molecule has 268 valence electrons. The van der Waals surface area contributed by atoms with Crippen LogP contribution in [-0.2, 0) is 25.3 Å². The van der Waals surface area contributed by atoms with Gasteiger partial charge in [0.1, 0.15) is 23.3 Å². The molecular weight excluding hydrogens is 673 g/mol. The average molecular weight is 712 g/mol. The smallest absolute Gasteiger partial charge is 0.416 e. The molecule has 14 heteroatoms. The summed E-state index contributed by atoms with van der Waals surface area (Å²) in [5.41, 5.74) is -2.08. The molecule has 0 aliphatic heterocycles. The Morgan fingerprint density at radius 3 is 2.15 bits per heavy atom. The minimum absolute atomic E-state index is 0.0932. The number of hydrogen-bond donors (Lipinski definition) is 1. The van der Waals surface area contributed by atoms with Crippen molar-refractivity contribution in [3.05, 3.63) is 142 Å². The number of aromatic nitrogens is 5. The molecule has 0 aliphatic rings. The number of quaternary nitrogens is 1. The van der Waals surface area contributed by atoms with Gasteiger partial charge < -0.3 is 14.2 Å². The van der Waals surface area contributed by atoms with Gasteiger partial charge in [0.2, 0.25) is 5.89 Å². The van der Waals surface area contributed by atoms with Crippen LogP contribution in [0.25, 0.3) is 22.8 Å². The number of carbonyl (C=O) groups excluding carboxylic acids is 1. The van der Waals surface area contributed by atoms with Crippen molar-refractivity contribution in [2.24, 2.45) is 7.05 Å². The molecule has 1 N–H and O–H groups in total. The molecule has 0 fully saturated rings. The molecule has 0 spiro atoms. The predicted molar refractivity (Wildman–Crippen MR) is 188 cm³/mol. The largest absolute Gasteiger partial charge is 0.437 e. The lowest BCUT2D eigenvalue weighted by atomic mass is 10.0. The third-order valence-corrected chi connectivity index (χ3v) is 7.85. The number of rotatable bonds is 8. The first-order valence-corrected chi connectivity index (χ1v) is 16.1. The molecule has 0 aliphatic carbocycles. The van der Waals surface area contributed by atoms with E-state index in [2.05, 4.69) is 15.4 Å². The van der Waals surface area contributed by atoms with Crippen molar-refractivity contribution < 1.29 is 26.9 Å². The van der Waals surface area contributed by atoms with Gasteiger partial charge in [-0.2, -0.15) is 23.5 Å². The Morgan fingerprint density at radius 2 is 1.58 bits per heavy atom. The lowest BCUT2D eigenvalue weighted by Crippen LogP contribution is -2.43. The summed E-state index contributed by atoms with van der Waals surface area (Å²) >= 11 is 0. The second kappa shape index (κ2) is 14.6. The molecule has 52 heavy (non-hydrogen) atoms. The van der Waals surface area contributed by atoms with Crippen molar-refractivity contribution >= 4 is 5.91 Å². The summed E-state index contributed by atoms with van der Waals surface area (Å²) in [6.45, 7) is 3.88. The Hall–Kier alpha value is -6.20. The first kappa shape index (κ1) is 37.1. The SMILES string of the molecule is Cn1c(-c2ccnn2-c2ccc(C#N)cc2)c(C(=O)NC(C)(C)c2ncc(C[N+](C)(C)C)o2)c(=O)n1-c1cccc(C(F)(F)F)c1.c1ccccc1. The highest BCUT2D eigenvalue weighted by atomic mass is 19.4. The lowest BCUT2D eigenvalue weighted by Gasteiger charge is -2.24. The summed E-state index contributed by atoms with van der Waals surface area (Å²) in [4.78, 5) is 32.6. The maximum atomic E-state index is 14.1. The zero-order valence-corrected chi connectivity index (χ0v) is 29.5. The second-order valence-corrected chi connectivity index (χ2v) is 13.5. The first-order valence-electron chi connectivity index (χ1n) is 16.1. The third kappa shape index (κ3) is 8.22. The van der Waals surface area contributed by atoms with Crippen LogP contribution in [0.5, 0.6) is 0 Å². The Labute approximate surface area is 298 Å². The maximum absolute atomic E-state index is 14.1. The zero-order chi connectivity index (χ0) is 37.8. The summed E-state index contributed by atoms with van der Waals surface area (Å²) < 4.78 is 51.3. The lowest BCUT2D eigenvalue weighted by molar-refractivity contribution is -0.884.